The van der Waals surface area contributed by atoms with Gasteiger partial charge in [0, 0.05) is 6.54 Å². The minimum absolute atomic E-state index is 0.303. The van der Waals surface area contributed by atoms with E-state index in [1.165, 1.54) is 7.11 Å². The van der Waals surface area contributed by atoms with E-state index in [9.17, 15) is 9.59 Å². The Morgan fingerprint density at radius 1 is 1.43 bits per heavy atom. The largest absolute Gasteiger partial charge is 0.465 e. The standard InChI is InChI=1S/C13H16N4O3S/c1-5-17-9(6-7(2)16-17)11(18)15-13-14-8(3)10(21-13)12(19)20-4/h6H,5H2,1-4H3,(H,14,15,18). The highest BCUT2D eigenvalue weighted by atomic mass is 32.1. The smallest absolute Gasteiger partial charge is 0.350 e. The molecular formula is C13H16N4O3S. The van der Waals surface area contributed by atoms with Gasteiger partial charge in [-0.2, -0.15) is 5.10 Å². The monoisotopic (exact) mass is 308 g/mol. The van der Waals surface area contributed by atoms with Crippen LogP contribution in [0.2, 0.25) is 0 Å². The number of methoxy groups -OCH3 is 1. The number of aromatic nitrogens is 3. The number of anilines is 1. The van der Waals surface area contributed by atoms with Crippen molar-refractivity contribution in [2.45, 2.75) is 27.3 Å². The summed E-state index contributed by atoms with van der Waals surface area (Å²) in [7, 11) is 1.31. The van der Waals surface area contributed by atoms with Crippen molar-refractivity contribution < 1.29 is 14.3 Å². The first kappa shape index (κ1) is 15.2. The van der Waals surface area contributed by atoms with E-state index in [-0.39, 0.29) is 5.91 Å². The highest BCUT2D eigenvalue weighted by Gasteiger charge is 2.19. The van der Waals surface area contributed by atoms with Gasteiger partial charge < -0.3 is 4.74 Å². The van der Waals surface area contributed by atoms with Gasteiger partial charge in [0.2, 0.25) is 0 Å². The lowest BCUT2D eigenvalue weighted by atomic mass is 10.3. The maximum Gasteiger partial charge on any atom is 0.350 e. The number of hydrogen-bond acceptors (Lipinski definition) is 6. The summed E-state index contributed by atoms with van der Waals surface area (Å²) in [6.45, 7) is 6.03. The molecule has 0 aliphatic rings. The first-order valence-corrected chi connectivity index (χ1v) is 7.19. The van der Waals surface area contributed by atoms with E-state index in [0.29, 0.717) is 27.9 Å². The molecule has 1 amide bonds. The molecule has 2 heterocycles. The van der Waals surface area contributed by atoms with Crippen molar-refractivity contribution in [1.82, 2.24) is 14.8 Å². The van der Waals surface area contributed by atoms with Crippen LogP contribution in [-0.4, -0.2) is 33.8 Å². The molecule has 0 spiro atoms. The van der Waals surface area contributed by atoms with Gasteiger partial charge in [0.25, 0.3) is 5.91 Å². The number of nitrogens with zero attached hydrogens (tertiary/aromatic N) is 3. The molecule has 0 fully saturated rings. The summed E-state index contributed by atoms with van der Waals surface area (Å²) in [5, 5.41) is 7.27. The summed E-state index contributed by atoms with van der Waals surface area (Å²) >= 11 is 1.09. The van der Waals surface area contributed by atoms with Gasteiger partial charge in [-0.3, -0.25) is 14.8 Å². The second kappa shape index (κ2) is 6.04. The van der Waals surface area contributed by atoms with Crippen LogP contribution in [0.25, 0.3) is 0 Å². The highest BCUT2D eigenvalue weighted by Crippen LogP contribution is 2.23. The van der Waals surface area contributed by atoms with E-state index in [0.717, 1.165) is 17.0 Å². The molecule has 0 aromatic carbocycles. The fourth-order valence-corrected chi connectivity index (χ4v) is 2.74. The van der Waals surface area contributed by atoms with Crippen LogP contribution in [0.3, 0.4) is 0 Å². The number of amides is 1. The Hall–Kier alpha value is -2.22. The molecule has 2 rings (SSSR count). The van der Waals surface area contributed by atoms with E-state index >= 15 is 0 Å². The molecule has 8 heteroatoms. The van der Waals surface area contributed by atoms with Crippen LogP contribution in [0.5, 0.6) is 0 Å². The molecule has 0 radical (unpaired) electrons. The summed E-state index contributed by atoms with van der Waals surface area (Å²) < 4.78 is 6.28. The Labute approximate surface area is 125 Å². The molecule has 0 unspecified atom stereocenters. The van der Waals surface area contributed by atoms with Crippen LogP contribution in [0, 0.1) is 13.8 Å². The van der Waals surface area contributed by atoms with Crippen molar-refractivity contribution in [2.24, 2.45) is 0 Å². The molecule has 7 nitrogen and oxygen atoms in total. The Bertz CT molecular complexity index is 690. The van der Waals surface area contributed by atoms with Crippen LogP contribution < -0.4 is 5.32 Å². The maximum absolute atomic E-state index is 12.2. The van der Waals surface area contributed by atoms with Crippen molar-refractivity contribution in [3.05, 3.63) is 28.0 Å². The van der Waals surface area contributed by atoms with Crippen molar-refractivity contribution >= 4 is 28.3 Å². The number of ether oxygens (including phenoxy) is 1. The van der Waals surface area contributed by atoms with Gasteiger partial charge in [-0.1, -0.05) is 11.3 Å². The van der Waals surface area contributed by atoms with Crippen molar-refractivity contribution in [3.63, 3.8) is 0 Å². The SMILES string of the molecule is CCn1nc(C)cc1C(=O)Nc1nc(C)c(C(=O)OC)s1. The van der Waals surface area contributed by atoms with Crippen molar-refractivity contribution in [2.75, 3.05) is 12.4 Å². The average Bonchev–Trinajstić information content (AvgIpc) is 3.00. The number of carbonyl (C=O) groups is 2. The minimum Gasteiger partial charge on any atom is -0.465 e. The fourth-order valence-electron chi connectivity index (χ4n) is 1.86. The van der Waals surface area contributed by atoms with E-state index < -0.39 is 5.97 Å². The third kappa shape index (κ3) is 3.10. The summed E-state index contributed by atoms with van der Waals surface area (Å²) in [5.41, 5.74) is 1.76. The van der Waals surface area contributed by atoms with Crippen molar-refractivity contribution in [1.29, 1.82) is 0 Å². The molecule has 0 bridgehead atoms. The zero-order valence-electron chi connectivity index (χ0n) is 12.3. The second-order valence-corrected chi connectivity index (χ2v) is 5.37. The van der Waals surface area contributed by atoms with Gasteiger partial charge in [-0.15, -0.1) is 0 Å². The van der Waals surface area contributed by atoms with Gasteiger partial charge in [0.15, 0.2) is 5.13 Å². The second-order valence-electron chi connectivity index (χ2n) is 4.37. The summed E-state index contributed by atoms with van der Waals surface area (Å²) in [6, 6.07) is 1.71. The third-order valence-corrected chi connectivity index (χ3v) is 3.88. The Kier molecular flexibility index (Phi) is 4.37. The summed E-state index contributed by atoms with van der Waals surface area (Å²) in [5.74, 6) is -0.762. The molecule has 2 aromatic rings. The first-order chi connectivity index (χ1) is 9.96. The zero-order chi connectivity index (χ0) is 15.6. The summed E-state index contributed by atoms with van der Waals surface area (Å²) in [6.07, 6.45) is 0. The van der Waals surface area contributed by atoms with Gasteiger partial charge in [0.1, 0.15) is 10.6 Å². The van der Waals surface area contributed by atoms with Gasteiger partial charge in [0.05, 0.1) is 18.5 Å². The number of esters is 1. The third-order valence-electron chi connectivity index (χ3n) is 2.82. The van der Waals surface area contributed by atoms with E-state index in [1.54, 1.807) is 17.7 Å². The first-order valence-electron chi connectivity index (χ1n) is 6.37. The van der Waals surface area contributed by atoms with Crippen LogP contribution in [0.1, 0.15) is 38.5 Å². The lowest BCUT2D eigenvalue weighted by Crippen LogP contribution is -2.17. The molecule has 21 heavy (non-hydrogen) atoms. The van der Waals surface area contributed by atoms with Crippen LogP contribution >= 0.6 is 11.3 Å². The lowest BCUT2D eigenvalue weighted by molar-refractivity contribution is 0.0605. The van der Waals surface area contributed by atoms with Crippen molar-refractivity contribution in [3.8, 4) is 0 Å². The molecule has 1 N–H and O–H groups in total. The molecule has 2 aromatic heterocycles. The van der Waals surface area contributed by atoms with E-state index in [4.69, 9.17) is 0 Å². The number of rotatable bonds is 4. The number of thiazole rings is 1. The molecule has 0 aliphatic carbocycles. The zero-order valence-corrected chi connectivity index (χ0v) is 13.1. The van der Waals surface area contributed by atoms with Crippen LogP contribution in [0.15, 0.2) is 6.07 Å². The van der Waals surface area contributed by atoms with E-state index in [2.05, 4.69) is 20.1 Å². The normalized spacial score (nSPS) is 10.5. The number of aryl methyl sites for hydroxylation is 3. The Balaban J connectivity index is 2.22. The lowest BCUT2D eigenvalue weighted by Gasteiger charge is -2.03. The van der Waals surface area contributed by atoms with Crippen LogP contribution in [0.4, 0.5) is 5.13 Å². The maximum atomic E-state index is 12.2. The fraction of sp³-hybridized carbons (Fsp3) is 0.385. The molecule has 0 aliphatic heterocycles. The predicted molar refractivity (Wildman–Crippen MR) is 78.8 cm³/mol. The summed E-state index contributed by atoms with van der Waals surface area (Å²) in [4.78, 5) is 28.3. The predicted octanol–water partition coefficient (Wildman–Crippen LogP) is 2.02. The molecule has 112 valence electrons. The van der Waals surface area contributed by atoms with Gasteiger partial charge in [-0.05, 0) is 26.8 Å². The molecule has 0 atom stereocenters. The highest BCUT2D eigenvalue weighted by molar-refractivity contribution is 7.17. The number of hydrogen-bond donors (Lipinski definition) is 1. The van der Waals surface area contributed by atoms with Gasteiger partial charge in [-0.25, -0.2) is 9.78 Å². The molecular weight excluding hydrogens is 292 g/mol. The van der Waals surface area contributed by atoms with Crippen LogP contribution in [-0.2, 0) is 11.3 Å². The minimum atomic E-state index is -0.458. The van der Waals surface area contributed by atoms with E-state index in [1.807, 2.05) is 13.8 Å². The Morgan fingerprint density at radius 2 is 2.14 bits per heavy atom. The average molecular weight is 308 g/mol. The number of nitrogens with one attached hydrogen (secondary N) is 1. The molecule has 0 saturated heterocycles. The Morgan fingerprint density at radius 3 is 2.76 bits per heavy atom. The number of carbonyl (C=O) groups excluding carboxylic acids is 2. The topological polar surface area (TPSA) is 86.1 Å². The quantitative estimate of drug-likeness (QED) is 0.873. The molecule has 0 saturated carbocycles. The van der Waals surface area contributed by atoms with Gasteiger partial charge >= 0.3 is 5.97 Å².